The molecule has 1 fully saturated rings. The highest BCUT2D eigenvalue weighted by Crippen LogP contribution is 2.41. The SMILES string of the molecule is Cc1cc(C)c2c(c1)C1CN(C)CCC1N2. The van der Waals surface area contributed by atoms with Crippen LogP contribution in [0.1, 0.15) is 29.0 Å². The minimum absolute atomic E-state index is 0.673. The maximum atomic E-state index is 3.73. The number of likely N-dealkylation sites (N-methyl/N-ethyl adjacent to an activating group) is 1. The standard InChI is InChI=1S/C14H20N2/c1-9-6-10(2)14-11(7-9)12-8-16(3)5-4-13(12)15-14/h6-7,12-13,15H,4-5,8H2,1-3H3. The molecule has 86 valence electrons. The van der Waals surface area contributed by atoms with Crippen LogP contribution in [0.3, 0.4) is 0 Å². The van der Waals surface area contributed by atoms with Crippen LogP contribution in [0.2, 0.25) is 0 Å². The van der Waals surface area contributed by atoms with E-state index in [0.717, 1.165) is 0 Å². The fourth-order valence-electron chi connectivity index (χ4n) is 3.28. The molecule has 0 amide bonds. The lowest BCUT2D eigenvalue weighted by Crippen LogP contribution is -2.39. The summed E-state index contributed by atoms with van der Waals surface area (Å²) in [7, 11) is 2.23. The highest BCUT2D eigenvalue weighted by molar-refractivity contribution is 5.65. The van der Waals surface area contributed by atoms with Crippen LogP contribution in [0.15, 0.2) is 12.1 Å². The summed E-state index contributed by atoms with van der Waals surface area (Å²) >= 11 is 0. The Morgan fingerprint density at radius 3 is 2.94 bits per heavy atom. The number of nitrogens with zero attached hydrogens (tertiary/aromatic N) is 1. The Morgan fingerprint density at radius 1 is 1.31 bits per heavy atom. The molecule has 1 aromatic rings. The number of benzene rings is 1. The Hall–Kier alpha value is -1.02. The van der Waals surface area contributed by atoms with Crippen molar-refractivity contribution in [1.82, 2.24) is 4.90 Å². The van der Waals surface area contributed by atoms with Crippen molar-refractivity contribution in [1.29, 1.82) is 0 Å². The van der Waals surface area contributed by atoms with Crippen molar-refractivity contribution in [2.24, 2.45) is 0 Å². The number of anilines is 1. The molecule has 0 aliphatic carbocycles. The maximum Gasteiger partial charge on any atom is 0.0409 e. The molecule has 2 aliphatic heterocycles. The number of hydrogen-bond donors (Lipinski definition) is 1. The van der Waals surface area contributed by atoms with E-state index >= 15 is 0 Å². The highest BCUT2D eigenvalue weighted by atomic mass is 15.1. The second-order valence-electron chi connectivity index (χ2n) is 5.45. The van der Waals surface area contributed by atoms with Crippen LogP contribution in [0, 0.1) is 13.8 Å². The van der Waals surface area contributed by atoms with E-state index in [1.54, 1.807) is 5.56 Å². The normalized spacial score (nSPS) is 28.4. The van der Waals surface area contributed by atoms with Crippen molar-refractivity contribution in [3.8, 4) is 0 Å². The zero-order valence-electron chi connectivity index (χ0n) is 10.4. The van der Waals surface area contributed by atoms with E-state index in [2.05, 4.69) is 43.2 Å². The molecule has 0 bridgehead atoms. The van der Waals surface area contributed by atoms with Crippen LogP contribution in [-0.4, -0.2) is 31.1 Å². The second-order valence-corrected chi connectivity index (χ2v) is 5.45. The van der Waals surface area contributed by atoms with Gasteiger partial charge in [-0.2, -0.15) is 0 Å². The zero-order chi connectivity index (χ0) is 11.3. The summed E-state index contributed by atoms with van der Waals surface area (Å²) in [5, 5.41) is 3.73. The monoisotopic (exact) mass is 216 g/mol. The van der Waals surface area contributed by atoms with Gasteiger partial charge in [-0.3, -0.25) is 0 Å². The van der Waals surface area contributed by atoms with Crippen molar-refractivity contribution < 1.29 is 0 Å². The van der Waals surface area contributed by atoms with Crippen LogP contribution in [0.5, 0.6) is 0 Å². The predicted octanol–water partition coefficient (Wildman–Crippen LogP) is 2.52. The molecule has 0 saturated carbocycles. The first kappa shape index (κ1) is 10.2. The smallest absolute Gasteiger partial charge is 0.0409 e. The van der Waals surface area contributed by atoms with Crippen LogP contribution >= 0.6 is 0 Å². The van der Waals surface area contributed by atoms with E-state index in [1.165, 1.54) is 36.3 Å². The van der Waals surface area contributed by atoms with Gasteiger partial charge in [0.05, 0.1) is 0 Å². The van der Waals surface area contributed by atoms with Crippen molar-refractivity contribution in [3.05, 3.63) is 28.8 Å². The first-order chi connectivity index (χ1) is 7.65. The molecule has 16 heavy (non-hydrogen) atoms. The van der Waals surface area contributed by atoms with Crippen molar-refractivity contribution in [2.75, 3.05) is 25.5 Å². The number of rotatable bonds is 0. The molecule has 1 N–H and O–H groups in total. The molecule has 0 radical (unpaired) electrons. The van der Waals surface area contributed by atoms with Gasteiger partial charge in [-0.15, -0.1) is 0 Å². The number of nitrogens with one attached hydrogen (secondary N) is 1. The molecule has 1 aromatic carbocycles. The summed E-state index contributed by atoms with van der Waals surface area (Å²) < 4.78 is 0. The molecule has 1 saturated heterocycles. The third-order valence-corrected chi connectivity index (χ3v) is 4.06. The van der Waals surface area contributed by atoms with Crippen LogP contribution in [-0.2, 0) is 0 Å². The van der Waals surface area contributed by atoms with Gasteiger partial charge >= 0.3 is 0 Å². The van der Waals surface area contributed by atoms with Crippen molar-refractivity contribution in [2.45, 2.75) is 32.2 Å². The van der Waals surface area contributed by atoms with Crippen molar-refractivity contribution in [3.63, 3.8) is 0 Å². The number of fused-ring (bicyclic) bond motifs is 3. The first-order valence-corrected chi connectivity index (χ1v) is 6.21. The van der Waals surface area contributed by atoms with Gasteiger partial charge in [0.15, 0.2) is 0 Å². The van der Waals surface area contributed by atoms with E-state index in [9.17, 15) is 0 Å². The molecular weight excluding hydrogens is 196 g/mol. The number of piperidine rings is 1. The summed E-state index contributed by atoms with van der Waals surface area (Å²) in [6.45, 7) is 6.85. The lowest BCUT2D eigenvalue weighted by molar-refractivity contribution is 0.243. The molecule has 2 heteroatoms. The molecule has 0 spiro atoms. The Morgan fingerprint density at radius 2 is 2.12 bits per heavy atom. The minimum Gasteiger partial charge on any atom is -0.381 e. The Balaban J connectivity index is 2.04. The molecule has 3 rings (SSSR count). The van der Waals surface area contributed by atoms with E-state index in [4.69, 9.17) is 0 Å². The van der Waals surface area contributed by atoms with E-state index in [-0.39, 0.29) is 0 Å². The molecule has 2 heterocycles. The zero-order valence-corrected chi connectivity index (χ0v) is 10.4. The van der Waals surface area contributed by atoms with Gasteiger partial charge in [0.2, 0.25) is 0 Å². The lowest BCUT2D eigenvalue weighted by atomic mass is 9.88. The minimum atomic E-state index is 0.673. The summed E-state index contributed by atoms with van der Waals surface area (Å²) in [5.74, 6) is 0.701. The topological polar surface area (TPSA) is 15.3 Å². The molecular formula is C14H20N2. The third-order valence-electron chi connectivity index (χ3n) is 4.06. The van der Waals surface area contributed by atoms with Gasteiger partial charge in [-0.05, 0) is 45.0 Å². The van der Waals surface area contributed by atoms with Crippen LogP contribution < -0.4 is 5.32 Å². The quantitative estimate of drug-likeness (QED) is 0.717. The van der Waals surface area contributed by atoms with E-state index < -0.39 is 0 Å². The van der Waals surface area contributed by atoms with E-state index in [1.807, 2.05) is 0 Å². The number of likely N-dealkylation sites (tertiary alicyclic amines) is 1. The summed E-state index contributed by atoms with van der Waals surface area (Å²) in [4.78, 5) is 2.45. The van der Waals surface area contributed by atoms with E-state index in [0.29, 0.717) is 12.0 Å². The predicted molar refractivity (Wildman–Crippen MR) is 68.2 cm³/mol. The molecule has 2 unspecified atom stereocenters. The average molecular weight is 216 g/mol. The highest BCUT2D eigenvalue weighted by Gasteiger charge is 2.36. The number of hydrogen-bond acceptors (Lipinski definition) is 2. The largest absolute Gasteiger partial charge is 0.381 e. The van der Waals surface area contributed by atoms with Gasteiger partial charge in [-0.25, -0.2) is 0 Å². The molecule has 2 atom stereocenters. The van der Waals surface area contributed by atoms with Crippen molar-refractivity contribution >= 4 is 5.69 Å². The Kier molecular flexibility index (Phi) is 2.21. The van der Waals surface area contributed by atoms with Gasteiger partial charge < -0.3 is 10.2 Å². The van der Waals surface area contributed by atoms with Gasteiger partial charge in [0.25, 0.3) is 0 Å². The summed E-state index contributed by atoms with van der Waals surface area (Å²) in [6.07, 6.45) is 1.27. The van der Waals surface area contributed by atoms with Crippen LogP contribution in [0.4, 0.5) is 5.69 Å². The van der Waals surface area contributed by atoms with Gasteiger partial charge in [0, 0.05) is 24.2 Å². The molecule has 2 nitrogen and oxygen atoms in total. The second kappa shape index (κ2) is 3.49. The van der Waals surface area contributed by atoms with Crippen LogP contribution in [0.25, 0.3) is 0 Å². The van der Waals surface area contributed by atoms with Gasteiger partial charge in [0.1, 0.15) is 0 Å². The lowest BCUT2D eigenvalue weighted by Gasteiger charge is -2.32. The summed E-state index contributed by atoms with van der Waals surface area (Å²) in [5.41, 5.74) is 5.77. The fourth-order valence-corrected chi connectivity index (χ4v) is 3.28. The molecule has 2 aliphatic rings. The average Bonchev–Trinajstić information content (AvgIpc) is 2.57. The fraction of sp³-hybridized carbons (Fsp3) is 0.571. The maximum absolute atomic E-state index is 3.73. The van der Waals surface area contributed by atoms with Gasteiger partial charge in [-0.1, -0.05) is 17.7 Å². The summed E-state index contributed by atoms with van der Waals surface area (Å²) in [6, 6.07) is 5.33. The first-order valence-electron chi connectivity index (χ1n) is 6.21. The third kappa shape index (κ3) is 1.44. The molecule has 0 aromatic heterocycles. The Labute approximate surface area is 97.6 Å². The number of aryl methyl sites for hydroxylation is 2. The Bertz CT molecular complexity index is 425.